The molecule has 1 aromatic carbocycles. The molecule has 1 unspecified atom stereocenters. The summed E-state index contributed by atoms with van der Waals surface area (Å²) in [5, 5.41) is 11.5. The average Bonchev–Trinajstić information content (AvgIpc) is 2.71. The molecule has 0 saturated carbocycles. The second kappa shape index (κ2) is 5.73. The van der Waals surface area contributed by atoms with Crippen molar-refractivity contribution in [3.05, 3.63) is 35.4 Å². The number of hydrogen-bond donors (Lipinski definition) is 2. The number of carbonyl (C=O) groups is 2. The van der Waals surface area contributed by atoms with E-state index in [-0.39, 0.29) is 18.6 Å². The van der Waals surface area contributed by atoms with Crippen LogP contribution in [0, 0.1) is 0 Å². The van der Waals surface area contributed by atoms with Crippen LogP contribution < -0.4 is 5.32 Å². The van der Waals surface area contributed by atoms with Gasteiger partial charge in [0.05, 0.1) is 6.04 Å². The van der Waals surface area contributed by atoms with Crippen LogP contribution in [-0.2, 0) is 11.2 Å². The quantitative estimate of drug-likeness (QED) is 0.850. The fourth-order valence-electron chi connectivity index (χ4n) is 2.28. The summed E-state index contributed by atoms with van der Waals surface area (Å²) in [7, 11) is 0. The van der Waals surface area contributed by atoms with Crippen molar-refractivity contribution in [2.75, 3.05) is 13.1 Å². The van der Waals surface area contributed by atoms with Crippen molar-refractivity contribution in [3.8, 4) is 0 Å². The highest BCUT2D eigenvalue weighted by Crippen LogP contribution is 2.20. The maximum Gasteiger partial charge on any atom is 0.323 e. The number of amides is 2. The molecule has 1 aliphatic rings. The third-order valence-electron chi connectivity index (χ3n) is 3.23. The van der Waals surface area contributed by atoms with Gasteiger partial charge >= 0.3 is 12.0 Å². The highest BCUT2D eigenvalue weighted by Gasteiger charge is 2.30. The first kappa shape index (κ1) is 13.4. The first-order chi connectivity index (χ1) is 9.10. The molecule has 1 aromatic rings. The van der Waals surface area contributed by atoms with E-state index in [1.807, 2.05) is 12.1 Å². The fourth-order valence-corrected chi connectivity index (χ4v) is 2.28. The van der Waals surface area contributed by atoms with E-state index in [0.29, 0.717) is 6.54 Å². The number of carboxylic acids is 1. The number of carbonyl (C=O) groups excluding carboxylic acids is 1. The summed E-state index contributed by atoms with van der Waals surface area (Å²) < 4.78 is 0. The van der Waals surface area contributed by atoms with Crippen molar-refractivity contribution in [1.29, 1.82) is 0 Å². The maximum atomic E-state index is 11.6. The van der Waals surface area contributed by atoms with Gasteiger partial charge < -0.3 is 15.3 Å². The van der Waals surface area contributed by atoms with Gasteiger partial charge in [-0.05, 0) is 17.5 Å². The lowest BCUT2D eigenvalue weighted by Gasteiger charge is -2.12. The van der Waals surface area contributed by atoms with Gasteiger partial charge in [-0.1, -0.05) is 37.6 Å². The highest BCUT2D eigenvalue weighted by atomic mass is 16.4. The summed E-state index contributed by atoms with van der Waals surface area (Å²) >= 11 is 0. The van der Waals surface area contributed by atoms with E-state index in [2.05, 4.69) is 24.4 Å². The van der Waals surface area contributed by atoms with Crippen LogP contribution in [0.1, 0.15) is 30.5 Å². The maximum absolute atomic E-state index is 11.6. The molecule has 5 nitrogen and oxygen atoms in total. The summed E-state index contributed by atoms with van der Waals surface area (Å²) in [4.78, 5) is 23.6. The Labute approximate surface area is 112 Å². The Kier molecular flexibility index (Phi) is 4.04. The van der Waals surface area contributed by atoms with Gasteiger partial charge in [0.25, 0.3) is 0 Å². The summed E-state index contributed by atoms with van der Waals surface area (Å²) in [5.74, 6) is -0.992. The average molecular weight is 262 g/mol. The molecule has 0 aliphatic carbocycles. The van der Waals surface area contributed by atoms with E-state index in [1.165, 1.54) is 10.5 Å². The lowest BCUT2D eigenvalue weighted by Crippen LogP contribution is -2.32. The normalized spacial score (nSPS) is 18.5. The van der Waals surface area contributed by atoms with Crippen LogP contribution in [0.5, 0.6) is 0 Å². The highest BCUT2D eigenvalue weighted by molar-refractivity contribution is 5.82. The molecule has 1 heterocycles. The number of carboxylic acid groups (broad SMARTS) is 1. The molecule has 1 saturated heterocycles. The first-order valence-corrected chi connectivity index (χ1v) is 6.46. The minimum Gasteiger partial charge on any atom is -0.480 e. The number of aliphatic carboxylic acids is 1. The smallest absolute Gasteiger partial charge is 0.323 e. The van der Waals surface area contributed by atoms with Crippen LogP contribution in [0.3, 0.4) is 0 Å². The van der Waals surface area contributed by atoms with Crippen LogP contribution >= 0.6 is 0 Å². The number of aryl methyl sites for hydroxylation is 1. The Morgan fingerprint density at radius 3 is 2.68 bits per heavy atom. The van der Waals surface area contributed by atoms with Gasteiger partial charge in [0.2, 0.25) is 0 Å². The SMILES string of the molecule is CCCc1ccc(C2CN(CC(=O)O)C(=O)N2)cc1. The van der Waals surface area contributed by atoms with Gasteiger partial charge in [-0.15, -0.1) is 0 Å². The minimum atomic E-state index is -0.992. The van der Waals surface area contributed by atoms with Gasteiger partial charge in [0.15, 0.2) is 0 Å². The number of hydrogen-bond acceptors (Lipinski definition) is 2. The molecule has 19 heavy (non-hydrogen) atoms. The summed E-state index contributed by atoms with van der Waals surface area (Å²) in [6.45, 7) is 2.28. The topological polar surface area (TPSA) is 69.6 Å². The third kappa shape index (κ3) is 3.24. The fraction of sp³-hybridized carbons (Fsp3) is 0.429. The van der Waals surface area contributed by atoms with Crippen molar-refractivity contribution < 1.29 is 14.7 Å². The predicted molar refractivity (Wildman–Crippen MR) is 70.9 cm³/mol. The van der Waals surface area contributed by atoms with Crippen LogP contribution in [0.25, 0.3) is 0 Å². The zero-order valence-electron chi connectivity index (χ0n) is 10.9. The molecule has 1 aliphatic heterocycles. The standard InChI is InChI=1S/C14H18N2O3/c1-2-3-10-4-6-11(7-5-10)12-8-16(9-13(17)18)14(19)15-12/h4-7,12H,2-3,8-9H2,1H3,(H,15,19)(H,17,18). The monoisotopic (exact) mass is 262 g/mol. The lowest BCUT2D eigenvalue weighted by atomic mass is 10.0. The Morgan fingerprint density at radius 2 is 2.11 bits per heavy atom. The van der Waals surface area contributed by atoms with Crippen LogP contribution in [0.2, 0.25) is 0 Å². The van der Waals surface area contributed by atoms with E-state index in [1.54, 1.807) is 0 Å². The molecule has 102 valence electrons. The molecule has 0 bridgehead atoms. The van der Waals surface area contributed by atoms with Crippen LogP contribution in [-0.4, -0.2) is 35.1 Å². The van der Waals surface area contributed by atoms with Crippen molar-refractivity contribution in [1.82, 2.24) is 10.2 Å². The third-order valence-corrected chi connectivity index (χ3v) is 3.23. The predicted octanol–water partition coefficient (Wildman–Crippen LogP) is 1.79. The van der Waals surface area contributed by atoms with Gasteiger partial charge in [-0.25, -0.2) is 4.79 Å². The van der Waals surface area contributed by atoms with E-state index in [4.69, 9.17) is 5.11 Å². The first-order valence-electron chi connectivity index (χ1n) is 6.46. The molecule has 5 heteroatoms. The number of urea groups is 1. The van der Waals surface area contributed by atoms with Crippen LogP contribution in [0.15, 0.2) is 24.3 Å². The van der Waals surface area contributed by atoms with E-state index < -0.39 is 5.97 Å². The molecular formula is C14H18N2O3. The summed E-state index contributed by atoms with van der Waals surface area (Å²) in [6.07, 6.45) is 2.15. The Hall–Kier alpha value is -2.04. The molecule has 2 N–H and O–H groups in total. The van der Waals surface area contributed by atoms with Crippen molar-refractivity contribution in [3.63, 3.8) is 0 Å². The molecule has 2 amide bonds. The molecule has 1 atom stereocenters. The van der Waals surface area contributed by atoms with E-state index >= 15 is 0 Å². The van der Waals surface area contributed by atoms with Gasteiger partial charge in [0.1, 0.15) is 6.54 Å². The number of benzene rings is 1. The van der Waals surface area contributed by atoms with Gasteiger partial charge in [0, 0.05) is 6.54 Å². The number of nitrogens with zero attached hydrogens (tertiary/aromatic N) is 1. The Morgan fingerprint density at radius 1 is 1.42 bits per heavy atom. The largest absolute Gasteiger partial charge is 0.480 e. The Balaban J connectivity index is 2.03. The lowest BCUT2D eigenvalue weighted by molar-refractivity contribution is -0.137. The van der Waals surface area contributed by atoms with Crippen LogP contribution in [0.4, 0.5) is 4.79 Å². The second-order valence-electron chi connectivity index (χ2n) is 4.77. The molecular weight excluding hydrogens is 244 g/mol. The summed E-state index contributed by atoms with van der Waals surface area (Å²) in [5.41, 5.74) is 2.29. The molecule has 0 spiro atoms. The zero-order chi connectivity index (χ0) is 13.8. The molecule has 0 radical (unpaired) electrons. The second-order valence-corrected chi connectivity index (χ2v) is 4.77. The van der Waals surface area contributed by atoms with Gasteiger partial charge in [-0.2, -0.15) is 0 Å². The van der Waals surface area contributed by atoms with E-state index in [0.717, 1.165) is 18.4 Å². The molecule has 1 fully saturated rings. The van der Waals surface area contributed by atoms with Crippen molar-refractivity contribution in [2.45, 2.75) is 25.8 Å². The molecule has 2 rings (SSSR count). The van der Waals surface area contributed by atoms with Crippen molar-refractivity contribution in [2.24, 2.45) is 0 Å². The number of rotatable bonds is 5. The minimum absolute atomic E-state index is 0.123. The summed E-state index contributed by atoms with van der Waals surface area (Å²) in [6, 6.07) is 7.68. The van der Waals surface area contributed by atoms with Crippen molar-refractivity contribution >= 4 is 12.0 Å². The van der Waals surface area contributed by atoms with Gasteiger partial charge in [-0.3, -0.25) is 4.79 Å². The van der Waals surface area contributed by atoms with E-state index in [9.17, 15) is 9.59 Å². The zero-order valence-corrected chi connectivity index (χ0v) is 10.9. The molecule has 0 aromatic heterocycles. The number of nitrogens with one attached hydrogen (secondary N) is 1. The Bertz CT molecular complexity index is 470.